The van der Waals surface area contributed by atoms with E-state index < -0.39 is 5.60 Å². The lowest BCUT2D eigenvalue weighted by Crippen LogP contribution is -2.59. The van der Waals surface area contributed by atoms with E-state index in [0.29, 0.717) is 19.4 Å². The summed E-state index contributed by atoms with van der Waals surface area (Å²) in [6.07, 6.45) is 7.29. The lowest BCUT2D eigenvalue weighted by Gasteiger charge is -2.51. The van der Waals surface area contributed by atoms with Crippen molar-refractivity contribution in [2.45, 2.75) is 55.7 Å². The van der Waals surface area contributed by atoms with Crippen molar-refractivity contribution in [1.82, 2.24) is 9.88 Å². The van der Waals surface area contributed by atoms with Gasteiger partial charge in [0.1, 0.15) is 6.61 Å². The molecule has 2 aliphatic heterocycles. The van der Waals surface area contributed by atoms with E-state index >= 15 is 0 Å². The molecule has 1 amide bonds. The van der Waals surface area contributed by atoms with Crippen molar-refractivity contribution in [3.05, 3.63) is 102 Å². The number of rotatable bonds is 3. The molecular formula is C32H30N2O3. The fourth-order valence-corrected chi connectivity index (χ4v) is 7.00. The number of amides is 1. The Morgan fingerprint density at radius 3 is 2.30 bits per heavy atom. The van der Waals surface area contributed by atoms with Crippen LogP contribution in [0.25, 0.3) is 21.9 Å². The first-order chi connectivity index (χ1) is 18.1. The largest absolute Gasteiger partial charge is 0.448 e. The number of aliphatic hydroxyl groups is 1. The Kier molecular flexibility index (Phi) is 5.29. The number of hydrogen-bond acceptors (Lipinski definition) is 4. The van der Waals surface area contributed by atoms with Crippen molar-refractivity contribution in [2.75, 3.05) is 6.61 Å². The average molecular weight is 491 g/mol. The third-order valence-electron chi connectivity index (χ3n) is 8.73. The highest BCUT2D eigenvalue weighted by atomic mass is 16.6. The van der Waals surface area contributed by atoms with E-state index in [2.05, 4.69) is 59.6 Å². The number of pyridine rings is 1. The van der Waals surface area contributed by atoms with E-state index in [1.807, 2.05) is 29.3 Å². The summed E-state index contributed by atoms with van der Waals surface area (Å²) in [5.74, 6) is 0.0463. The van der Waals surface area contributed by atoms with Crippen LogP contribution in [-0.4, -0.2) is 39.8 Å². The van der Waals surface area contributed by atoms with Gasteiger partial charge in [-0.2, -0.15) is 0 Å². The van der Waals surface area contributed by atoms with Crippen LogP contribution in [0.5, 0.6) is 0 Å². The molecule has 2 unspecified atom stereocenters. The molecule has 2 fully saturated rings. The summed E-state index contributed by atoms with van der Waals surface area (Å²) in [6.45, 7) is 0.325. The zero-order valence-electron chi connectivity index (χ0n) is 20.7. The molecule has 1 N–H and O–H groups in total. The second-order valence-electron chi connectivity index (χ2n) is 10.8. The summed E-state index contributed by atoms with van der Waals surface area (Å²) < 4.78 is 6.05. The van der Waals surface area contributed by atoms with E-state index in [0.717, 1.165) is 35.6 Å². The van der Waals surface area contributed by atoms with Crippen molar-refractivity contribution in [1.29, 1.82) is 0 Å². The predicted octanol–water partition coefficient (Wildman–Crippen LogP) is 6.39. The molecule has 0 radical (unpaired) electrons. The number of nitrogens with zero attached hydrogens (tertiary/aromatic N) is 2. The maximum absolute atomic E-state index is 13.5. The highest BCUT2D eigenvalue weighted by molar-refractivity contribution is 5.82. The molecule has 2 saturated heterocycles. The van der Waals surface area contributed by atoms with E-state index in [4.69, 9.17) is 4.74 Å². The minimum absolute atomic E-state index is 0.0266. The standard InChI is InChI=1S/C32H30N2O3/c35-31(37-20-30-28-10-3-1-8-26(28)27-9-2-4-11-29(27)30)34-24-6-5-7-25(34)18-32(36,17-24)23-13-12-22-19-33-15-14-21(22)16-23/h1-4,8-16,19,24-25,30,36H,5-7,17-18,20H2. The van der Waals surface area contributed by atoms with Crippen molar-refractivity contribution in [3.63, 3.8) is 0 Å². The second-order valence-corrected chi connectivity index (χ2v) is 10.8. The molecule has 186 valence electrons. The molecule has 37 heavy (non-hydrogen) atoms. The Morgan fingerprint density at radius 1 is 0.919 bits per heavy atom. The average Bonchev–Trinajstić information content (AvgIpc) is 3.24. The van der Waals surface area contributed by atoms with E-state index in [1.165, 1.54) is 22.3 Å². The summed E-state index contributed by atoms with van der Waals surface area (Å²) in [6, 6.07) is 24.9. The smallest absolute Gasteiger partial charge is 0.410 e. The van der Waals surface area contributed by atoms with E-state index in [9.17, 15) is 9.90 Å². The first-order valence-corrected chi connectivity index (χ1v) is 13.3. The Hall–Kier alpha value is -3.70. The Bertz CT molecular complexity index is 1440. The number of benzene rings is 3. The van der Waals surface area contributed by atoms with Crippen molar-refractivity contribution in [3.8, 4) is 11.1 Å². The molecule has 3 heterocycles. The van der Waals surface area contributed by atoms with Crippen molar-refractivity contribution >= 4 is 16.9 Å². The number of fused-ring (bicyclic) bond motifs is 6. The Balaban J connectivity index is 1.11. The van der Waals surface area contributed by atoms with Crippen LogP contribution in [0, 0.1) is 0 Å². The van der Waals surface area contributed by atoms with Gasteiger partial charge in [-0.3, -0.25) is 4.98 Å². The Labute approximate surface area is 216 Å². The van der Waals surface area contributed by atoms with Gasteiger partial charge < -0.3 is 14.7 Å². The lowest BCUT2D eigenvalue weighted by molar-refractivity contribution is -0.0890. The normalized spacial score (nSPS) is 24.5. The van der Waals surface area contributed by atoms with Gasteiger partial charge in [-0.15, -0.1) is 0 Å². The van der Waals surface area contributed by atoms with Crippen LogP contribution in [0.4, 0.5) is 4.79 Å². The first-order valence-electron chi connectivity index (χ1n) is 13.3. The molecule has 5 heteroatoms. The van der Waals surface area contributed by atoms with Gasteiger partial charge in [0.05, 0.1) is 5.60 Å². The van der Waals surface area contributed by atoms with Gasteiger partial charge >= 0.3 is 6.09 Å². The van der Waals surface area contributed by atoms with Crippen LogP contribution >= 0.6 is 0 Å². The predicted molar refractivity (Wildman–Crippen MR) is 143 cm³/mol. The number of ether oxygens (including phenoxy) is 1. The molecule has 3 aromatic carbocycles. The Morgan fingerprint density at radius 2 is 1.59 bits per heavy atom. The van der Waals surface area contributed by atoms with Crippen LogP contribution in [0.15, 0.2) is 85.2 Å². The number of hydrogen-bond donors (Lipinski definition) is 1. The molecular weight excluding hydrogens is 460 g/mol. The second kappa shape index (κ2) is 8.70. The molecule has 7 rings (SSSR count). The van der Waals surface area contributed by atoms with Crippen LogP contribution in [0.3, 0.4) is 0 Å². The van der Waals surface area contributed by atoms with Gasteiger partial charge in [0.15, 0.2) is 0 Å². The third kappa shape index (κ3) is 3.72. The SMILES string of the molecule is O=C(OCC1c2ccccc2-c2ccccc21)N1C2CCCC1CC(O)(c1ccc3cnccc3c1)C2. The van der Waals surface area contributed by atoms with E-state index in [-0.39, 0.29) is 24.1 Å². The van der Waals surface area contributed by atoms with Gasteiger partial charge in [0, 0.05) is 48.6 Å². The van der Waals surface area contributed by atoms with Gasteiger partial charge in [0.2, 0.25) is 0 Å². The fourth-order valence-electron chi connectivity index (χ4n) is 7.00. The third-order valence-corrected chi connectivity index (χ3v) is 8.73. The van der Waals surface area contributed by atoms with Gasteiger partial charge in [-0.05, 0) is 64.6 Å². The minimum Gasteiger partial charge on any atom is -0.448 e. The van der Waals surface area contributed by atoms with Crippen molar-refractivity contribution in [2.24, 2.45) is 0 Å². The molecule has 0 spiro atoms. The molecule has 5 nitrogen and oxygen atoms in total. The molecule has 1 aromatic heterocycles. The highest BCUT2D eigenvalue weighted by Gasteiger charge is 2.49. The fraction of sp³-hybridized carbons (Fsp3) is 0.312. The van der Waals surface area contributed by atoms with Gasteiger partial charge in [-0.1, -0.05) is 60.7 Å². The quantitative estimate of drug-likeness (QED) is 0.362. The highest BCUT2D eigenvalue weighted by Crippen LogP contribution is 2.47. The maximum atomic E-state index is 13.5. The molecule has 3 aliphatic rings. The summed E-state index contributed by atoms with van der Waals surface area (Å²) in [5, 5.41) is 14.0. The number of piperidine rings is 2. The first kappa shape index (κ1) is 22.5. The summed E-state index contributed by atoms with van der Waals surface area (Å²) >= 11 is 0. The molecule has 0 saturated carbocycles. The molecule has 2 atom stereocenters. The maximum Gasteiger partial charge on any atom is 0.410 e. The lowest BCUT2D eigenvalue weighted by atomic mass is 9.72. The van der Waals surface area contributed by atoms with Gasteiger partial charge in [-0.25, -0.2) is 4.79 Å². The van der Waals surface area contributed by atoms with Crippen LogP contribution in [0.1, 0.15) is 54.7 Å². The number of carbonyl (C=O) groups excluding carboxylic acids is 1. The van der Waals surface area contributed by atoms with Crippen LogP contribution in [-0.2, 0) is 10.3 Å². The molecule has 1 aliphatic carbocycles. The number of aromatic nitrogens is 1. The molecule has 4 aromatic rings. The van der Waals surface area contributed by atoms with Crippen LogP contribution < -0.4 is 0 Å². The topological polar surface area (TPSA) is 62.7 Å². The minimum atomic E-state index is -0.951. The van der Waals surface area contributed by atoms with Crippen LogP contribution in [0.2, 0.25) is 0 Å². The van der Waals surface area contributed by atoms with Crippen molar-refractivity contribution < 1.29 is 14.6 Å². The summed E-state index contributed by atoms with van der Waals surface area (Å²) in [4.78, 5) is 19.7. The zero-order chi connectivity index (χ0) is 25.0. The summed E-state index contributed by atoms with van der Waals surface area (Å²) in [5.41, 5.74) is 4.87. The van der Waals surface area contributed by atoms with Gasteiger partial charge in [0.25, 0.3) is 0 Å². The number of carbonyl (C=O) groups is 1. The monoisotopic (exact) mass is 490 g/mol. The zero-order valence-corrected chi connectivity index (χ0v) is 20.7. The summed E-state index contributed by atoms with van der Waals surface area (Å²) in [7, 11) is 0. The molecule has 2 bridgehead atoms. The van der Waals surface area contributed by atoms with E-state index in [1.54, 1.807) is 6.20 Å².